The predicted molar refractivity (Wildman–Crippen MR) is 106 cm³/mol. The summed E-state index contributed by atoms with van der Waals surface area (Å²) in [5.74, 6) is 0.152. The number of Topliss-reactive ketones (excluding diaryl/α,β-unsaturated/α-hetero) is 1. The third-order valence-corrected chi connectivity index (χ3v) is 6.22. The lowest BCUT2D eigenvalue weighted by Crippen LogP contribution is -2.19. The van der Waals surface area contributed by atoms with Crippen LogP contribution < -0.4 is 0 Å². The molecule has 2 aromatic rings. The lowest BCUT2D eigenvalue weighted by molar-refractivity contribution is 0.0944. The van der Waals surface area contributed by atoms with Gasteiger partial charge >= 0.3 is 0 Å². The van der Waals surface area contributed by atoms with Gasteiger partial charge in [-0.25, -0.2) is 4.98 Å². The summed E-state index contributed by atoms with van der Waals surface area (Å²) in [5, 5.41) is 0.744. The molecule has 1 aromatic carbocycles. The van der Waals surface area contributed by atoms with Crippen LogP contribution in [-0.4, -0.2) is 33.3 Å². The maximum absolute atomic E-state index is 12.8. The normalized spacial score (nSPS) is 18.2. The van der Waals surface area contributed by atoms with E-state index in [1.54, 1.807) is 11.8 Å². The van der Waals surface area contributed by atoms with E-state index in [9.17, 15) is 4.79 Å². The zero-order chi connectivity index (χ0) is 18.7. The van der Waals surface area contributed by atoms with Crippen LogP contribution in [0, 0.1) is 13.8 Å². The van der Waals surface area contributed by atoms with Crippen LogP contribution in [0.3, 0.4) is 0 Å². The molecule has 0 saturated carbocycles. The lowest BCUT2D eigenvalue weighted by Gasteiger charge is -2.16. The van der Waals surface area contributed by atoms with Crippen molar-refractivity contribution in [3.05, 3.63) is 46.8 Å². The van der Waals surface area contributed by atoms with Crippen molar-refractivity contribution in [1.29, 1.82) is 0 Å². The van der Waals surface area contributed by atoms with Gasteiger partial charge in [-0.3, -0.25) is 4.79 Å². The van der Waals surface area contributed by atoms with Crippen molar-refractivity contribution in [2.45, 2.75) is 70.0 Å². The summed E-state index contributed by atoms with van der Waals surface area (Å²) >= 11 is 1.55. The maximum atomic E-state index is 12.8. The van der Waals surface area contributed by atoms with Crippen LogP contribution in [0.15, 0.2) is 29.4 Å². The Hall–Kier alpha value is -1.59. The first-order valence-corrected chi connectivity index (χ1v) is 10.3. The molecule has 0 aliphatic carbocycles. The number of benzene rings is 1. The first-order chi connectivity index (χ1) is 12.5. The molecule has 1 fully saturated rings. The van der Waals surface area contributed by atoms with Crippen molar-refractivity contribution in [3.63, 3.8) is 0 Å². The molecule has 5 heteroatoms. The molecule has 0 unspecified atom stereocenters. The zero-order valence-electron chi connectivity index (χ0n) is 16.1. The van der Waals surface area contributed by atoms with Gasteiger partial charge in [0.2, 0.25) is 0 Å². The summed E-state index contributed by atoms with van der Waals surface area (Å²) in [4.78, 5) is 17.5. The molecule has 0 bridgehead atoms. The Balaban J connectivity index is 1.74. The fraction of sp³-hybridized carbons (Fsp3) is 0.524. The van der Waals surface area contributed by atoms with Gasteiger partial charge in [0.15, 0.2) is 10.9 Å². The van der Waals surface area contributed by atoms with Crippen molar-refractivity contribution < 1.29 is 9.53 Å². The highest BCUT2D eigenvalue weighted by molar-refractivity contribution is 8.00. The SMILES string of the molecule is CCc1ccc(C(=O)[C@@H](C)Sc2nc(C)c(C)n2C[C@H]2CCCO2)cc1. The van der Waals surface area contributed by atoms with Gasteiger partial charge in [0.05, 0.1) is 23.6 Å². The minimum atomic E-state index is -0.174. The number of carbonyl (C=O) groups excluding carboxylic acids is 1. The van der Waals surface area contributed by atoms with Gasteiger partial charge in [-0.2, -0.15) is 0 Å². The highest BCUT2D eigenvalue weighted by Crippen LogP contribution is 2.29. The number of aryl methyl sites for hydroxylation is 2. The summed E-state index contributed by atoms with van der Waals surface area (Å²) in [6.45, 7) is 9.88. The minimum absolute atomic E-state index is 0.152. The van der Waals surface area contributed by atoms with Crippen LogP contribution in [0.2, 0.25) is 0 Å². The third-order valence-electron chi connectivity index (χ3n) is 5.13. The van der Waals surface area contributed by atoms with Gasteiger partial charge < -0.3 is 9.30 Å². The van der Waals surface area contributed by atoms with Crippen LogP contribution in [0.5, 0.6) is 0 Å². The monoisotopic (exact) mass is 372 g/mol. The van der Waals surface area contributed by atoms with Crippen LogP contribution in [-0.2, 0) is 17.7 Å². The quantitative estimate of drug-likeness (QED) is 0.526. The lowest BCUT2D eigenvalue weighted by atomic mass is 10.1. The second kappa shape index (κ2) is 8.40. The molecule has 0 spiro atoms. The molecule has 2 atom stereocenters. The number of aromatic nitrogens is 2. The van der Waals surface area contributed by atoms with E-state index in [0.717, 1.165) is 54.5 Å². The summed E-state index contributed by atoms with van der Waals surface area (Å²) < 4.78 is 8.02. The Labute approximate surface area is 160 Å². The summed E-state index contributed by atoms with van der Waals surface area (Å²) in [6.07, 6.45) is 3.47. The van der Waals surface area contributed by atoms with Crippen molar-refractivity contribution in [3.8, 4) is 0 Å². The molecule has 0 radical (unpaired) electrons. The highest BCUT2D eigenvalue weighted by atomic mass is 32.2. The summed E-state index contributed by atoms with van der Waals surface area (Å²) in [7, 11) is 0. The number of ether oxygens (including phenoxy) is 1. The van der Waals surface area contributed by atoms with Gasteiger partial charge in [0.1, 0.15) is 0 Å². The van der Waals surface area contributed by atoms with Crippen molar-refractivity contribution in [2.24, 2.45) is 0 Å². The topological polar surface area (TPSA) is 44.1 Å². The molecule has 140 valence electrons. The van der Waals surface area contributed by atoms with Gasteiger partial charge in [-0.15, -0.1) is 0 Å². The fourth-order valence-electron chi connectivity index (χ4n) is 3.27. The fourth-order valence-corrected chi connectivity index (χ4v) is 4.36. The molecular formula is C21H28N2O2S. The van der Waals surface area contributed by atoms with E-state index in [1.165, 1.54) is 5.56 Å². The van der Waals surface area contributed by atoms with Gasteiger partial charge in [0.25, 0.3) is 0 Å². The van der Waals surface area contributed by atoms with E-state index in [2.05, 4.69) is 18.4 Å². The van der Waals surface area contributed by atoms with E-state index in [-0.39, 0.29) is 17.1 Å². The van der Waals surface area contributed by atoms with E-state index in [0.29, 0.717) is 0 Å². The Morgan fingerprint density at radius 2 is 2.08 bits per heavy atom. The predicted octanol–water partition coefficient (Wildman–Crippen LogP) is 4.60. The Bertz CT molecular complexity index is 761. The maximum Gasteiger partial charge on any atom is 0.175 e. The molecule has 26 heavy (non-hydrogen) atoms. The number of hydrogen-bond acceptors (Lipinski definition) is 4. The molecule has 4 nitrogen and oxygen atoms in total. The van der Waals surface area contributed by atoms with Crippen molar-refractivity contribution >= 4 is 17.5 Å². The molecule has 1 aliphatic heterocycles. The van der Waals surface area contributed by atoms with Crippen LogP contribution in [0.1, 0.15) is 54.0 Å². The van der Waals surface area contributed by atoms with E-state index in [1.807, 2.05) is 38.1 Å². The average Bonchev–Trinajstić information content (AvgIpc) is 3.25. The molecule has 1 aromatic heterocycles. The Kier molecular flexibility index (Phi) is 6.20. The molecule has 0 amide bonds. The third kappa shape index (κ3) is 4.21. The molecular weight excluding hydrogens is 344 g/mol. The molecule has 1 saturated heterocycles. The summed E-state index contributed by atoms with van der Waals surface area (Å²) in [5.41, 5.74) is 4.21. The Morgan fingerprint density at radius 1 is 1.35 bits per heavy atom. The molecule has 2 heterocycles. The second-order valence-corrected chi connectivity index (χ2v) is 8.29. The largest absolute Gasteiger partial charge is 0.376 e. The van der Waals surface area contributed by atoms with Gasteiger partial charge in [-0.05, 0) is 45.6 Å². The van der Waals surface area contributed by atoms with E-state index >= 15 is 0 Å². The van der Waals surface area contributed by atoms with Gasteiger partial charge in [0, 0.05) is 17.9 Å². The average molecular weight is 373 g/mol. The number of ketones is 1. The summed E-state index contributed by atoms with van der Waals surface area (Å²) in [6, 6.07) is 7.95. The van der Waals surface area contributed by atoms with E-state index in [4.69, 9.17) is 9.72 Å². The minimum Gasteiger partial charge on any atom is -0.376 e. The molecule has 3 rings (SSSR count). The number of carbonyl (C=O) groups is 1. The zero-order valence-corrected chi connectivity index (χ0v) is 16.9. The highest BCUT2D eigenvalue weighted by Gasteiger charge is 2.23. The smallest absolute Gasteiger partial charge is 0.175 e. The number of rotatable bonds is 7. The molecule has 0 N–H and O–H groups in total. The van der Waals surface area contributed by atoms with Crippen molar-refractivity contribution in [1.82, 2.24) is 9.55 Å². The van der Waals surface area contributed by atoms with E-state index < -0.39 is 0 Å². The van der Waals surface area contributed by atoms with Gasteiger partial charge in [-0.1, -0.05) is 43.0 Å². The standard InChI is InChI=1S/C21H28N2O2S/c1-5-17-8-10-18(11-9-17)20(24)16(4)26-21-22-14(2)15(3)23(21)13-19-7-6-12-25-19/h8-11,16,19H,5-7,12-13H2,1-4H3/t16-,19-/m1/s1. The van der Waals surface area contributed by atoms with Crippen molar-refractivity contribution in [2.75, 3.05) is 6.61 Å². The first-order valence-electron chi connectivity index (χ1n) is 9.44. The number of hydrogen-bond donors (Lipinski definition) is 0. The number of imidazole rings is 1. The Morgan fingerprint density at radius 3 is 2.69 bits per heavy atom. The molecule has 1 aliphatic rings. The number of nitrogens with zero attached hydrogens (tertiary/aromatic N) is 2. The van der Waals surface area contributed by atoms with Crippen LogP contribution in [0.4, 0.5) is 0 Å². The first kappa shape index (κ1) is 19.2. The number of thioether (sulfide) groups is 1. The van der Waals surface area contributed by atoms with Crippen LogP contribution >= 0.6 is 11.8 Å². The van der Waals surface area contributed by atoms with Crippen LogP contribution in [0.25, 0.3) is 0 Å². The second-order valence-electron chi connectivity index (χ2n) is 6.99.